The molecule has 4 heteroatoms. The van der Waals surface area contributed by atoms with E-state index in [-0.39, 0.29) is 24.4 Å². The molecule has 0 aromatic heterocycles. The number of amides is 1. The quantitative estimate of drug-likeness (QED) is 0.893. The summed E-state index contributed by atoms with van der Waals surface area (Å²) in [6.45, 7) is 5.26. The molecule has 1 saturated heterocycles. The van der Waals surface area contributed by atoms with Gasteiger partial charge in [0.1, 0.15) is 0 Å². The van der Waals surface area contributed by atoms with Crippen LogP contribution in [0, 0.1) is 0 Å². The van der Waals surface area contributed by atoms with E-state index in [4.69, 9.17) is 0 Å². The molecule has 1 amide bonds. The third kappa shape index (κ3) is 4.51. The number of hydrogen-bond acceptors (Lipinski definition) is 2. The van der Waals surface area contributed by atoms with Crippen molar-refractivity contribution in [3.05, 3.63) is 29.8 Å². The molecule has 1 heterocycles. The van der Waals surface area contributed by atoms with Gasteiger partial charge in [-0.15, -0.1) is 12.4 Å². The normalized spacial score (nSPS) is 18.8. The van der Waals surface area contributed by atoms with Gasteiger partial charge in [-0.25, -0.2) is 0 Å². The molecular formula is C15H23ClN2O. The van der Waals surface area contributed by atoms with Crippen LogP contribution >= 0.6 is 12.4 Å². The van der Waals surface area contributed by atoms with Gasteiger partial charge in [-0.1, -0.05) is 32.4 Å². The topological polar surface area (TPSA) is 41.1 Å². The third-order valence-electron chi connectivity index (χ3n) is 3.45. The van der Waals surface area contributed by atoms with Crippen molar-refractivity contribution in [1.82, 2.24) is 5.32 Å². The summed E-state index contributed by atoms with van der Waals surface area (Å²) in [5, 5.41) is 6.27. The Morgan fingerprint density at radius 3 is 2.79 bits per heavy atom. The fraction of sp³-hybridized carbons (Fsp3) is 0.533. The molecule has 0 spiro atoms. The monoisotopic (exact) mass is 282 g/mol. The standard InChI is InChI=1S/C15H22N2O.ClH/c1-11(2)12-6-5-7-13(10-12)17-15(18)14-8-3-4-9-16-14;/h5-7,10-11,14,16H,3-4,8-9H2,1-2H3,(H,17,18);1H/t14-;/m0./s1. The van der Waals surface area contributed by atoms with Gasteiger partial charge in [-0.05, 0) is 43.0 Å². The number of benzene rings is 1. The van der Waals surface area contributed by atoms with Crippen molar-refractivity contribution in [3.63, 3.8) is 0 Å². The van der Waals surface area contributed by atoms with E-state index in [0.29, 0.717) is 5.92 Å². The van der Waals surface area contributed by atoms with Crippen molar-refractivity contribution in [1.29, 1.82) is 0 Å². The molecule has 0 aliphatic carbocycles. The minimum absolute atomic E-state index is 0. The SMILES string of the molecule is CC(C)c1cccc(NC(=O)[C@@H]2CCCCN2)c1.Cl. The summed E-state index contributed by atoms with van der Waals surface area (Å²) in [5.41, 5.74) is 2.16. The van der Waals surface area contributed by atoms with Crippen molar-refractivity contribution < 1.29 is 4.79 Å². The number of piperidine rings is 1. The average molecular weight is 283 g/mol. The zero-order valence-electron chi connectivity index (χ0n) is 11.6. The molecule has 19 heavy (non-hydrogen) atoms. The van der Waals surface area contributed by atoms with E-state index in [9.17, 15) is 4.79 Å². The molecule has 2 N–H and O–H groups in total. The Hall–Kier alpha value is -1.06. The first-order valence-corrected chi connectivity index (χ1v) is 6.81. The van der Waals surface area contributed by atoms with Gasteiger partial charge >= 0.3 is 0 Å². The highest BCUT2D eigenvalue weighted by molar-refractivity contribution is 5.94. The zero-order valence-corrected chi connectivity index (χ0v) is 12.4. The first kappa shape index (κ1) is 16.0. The minimum Gasteiger partial charge on any atom is -0.325 e. The van der Waals surface area contributed by atoms with Gasteiger partial charge in [0.2, 0.25) is 5.91 Å². The molecule has 1 aromatic rings. The number of anilines is 1. The number of halogens is 1. The van der Waals surface area contributed by atoms with Crippen molar-refractivity contribution in [2.45, 2.75) is 45.1 Å². The maximum atomic E-state index is 12.1. The summed E-state index contributed by atoms with van der Waals surface area (Å²) in [4.78, 5) is 12.1. The fourth-order valence-electron chi connectivity index (χ4n) is 2.28. The zero-order chi connectivity index (χ0) is 13.0. The van der Waals surface area contributed by atoms with Gasteiger partial charge in [-0.2, -0.15) is 0 Å². The van der Waals surface area contributed by atoms with Crippen LogP contribution in [0.4, 0.5) is 5.69 Å². The maximum Gasteiger partial charge on any atom is 0.241 e. The Balaban J connectivity index is 0.00000180. The van der Waals surface area contributed by atoms with Crippen LogP contribution in [-0.2, 0) is 4.79 Å². The largest absolute Gasteiger partial charge is 0.325 e. The van der Waals surface area contributed by atoms with Crippen molar-refractivity contribution >= 4 is 24.0 Å². The molecule has 3 nitrogen and oxygen atoms in total. The average Bonchev–Trinajstić information content (AvgIpc) is 2.40. The first-order chi connectivity index (χ1) is 8.66. The molecule has 1 atom stereocenters. The van der Waals surface area contributed by atoms with Gasteiger partial charge in [0, 0.05) is 5.69 Å². The number of carbonyl (C=O) groups excluding carboxylic acids is 1. The van der Waals surface area contributed by atoms with E-state index in [1.165, 1.54) is 12.0 Å². The lowest BCUT2D eigenvalue weighted by Gasteiger charge is -2.22. The summed E-state index contributed by atoms with van der Waals surface area (Å²) in [7, 11) is 0. The highest BCUT2D eigenvalue weighted by Gasteiger charge is 2.20. The Labute approximate surface area is 121 Å². The summed E-state index contributed by atoms with van der Waals surface area (Å²) >= 11 is 0. The van der Waals surface area contributed by atoms with Crippen LogP contribution < -0.4 is 10.6 Å². The van der Waals surface area contributed by atoms with Crippen LogP contribution in [0.15, 0.2) is 24.3 Å². The van der Waals surface area contributed by atoms with E-state index >= 15 is 0 Å². The highest BCUT2D eigenvalue weighted by atomic mass is 35.5. The Morgan fingerprint density at radius 1 is 1.37 bits per heavy atom. The van der Waals surface area contributed by atoms with Gasteiger partial charge in [-0.3, -0.25) is 4.79 Å². The second kappa shape index (κ2) is 7.51. The third-order valence-corrected chi connectivity index (χ3v) is 3.45. The number of rotatable bonds is 3. The summed E-state index contributed by atoms with van der Waals surface area (Å²) < 4.78 is 0. The molecule has 0 bridgehead atoms. The molecular weight excluding hydrogens is 260 g/mol. The van der Waals surface area contributed by atoms with Crippen LogP contribution in [-0.4, -0.2) is 18.5 Å². The van der Waals surface area contributed by atoms with Crippen LogP contribution in [0.5, 0.6) is 0 Å². The van der Waals surface area contributed by atoms with Crippen molar-refractivity contribution in [2.75, 3.05) is 11.9 Å². The van der Waals surface area contributed by atoms with Crippen LogP contribution in [0.25, 0.3) is 0 Å². The summed E-state index contributed by atoms with van der Waals surface area (Å²) in [6.07, 6.45) is 3.25. The number of nitrogens with one attached hydrogen (secondary N) is 2. The Bertz CT molecular complexity index is 414. The van der Waals surface area contributed by atoms with E-state index in [0.717, 1.165) is 25.1 Å². The van der Waals surface area contributed by atoms with Crippen molar-refractivity contribution in [3.8, 4) is 0 Å². The molecule has 1 fully saturated rings. The predicted octanol–water partition coefficient (Wildman–Crippen LogP) is 3.31. The molecule has 0 unspecified atom stereocenters. The molecule has 0 radical (unpaired) electrons. The molecule has 2 rings (SSSR count). The van der Waals surface area contributed by atoms with E-state index in [2.05, 4.69) is 36.6 Å². The molecule has 106 valence electrons. The lowest BCUT2D eigenvalue weighted by atomic mass is 10.0. The van der Waals surface area contributed by atoms with E-state index in [1.807, 2.05) is 12.1 Å². The Morgan fingerprint density at radius 2 is 2.16 bits per heavy atom. The van der Waals surface area contributed by atoms with Crippen molar-refractivity contribution in [2.24, 2.45) is 0 Å². The molecule has 1 aromatic carbocycles. The highest BCUT2D eigenvalue weighted by Crippen LogP contribution is 2.19. The molecule has 1 aliphatic heterocycles. The maximum absolute atomic E-state index is 12.1. The van der Waals surface area contributed by atoms with E-state index < -0.39 is 0 Å². The second-order valence-electron chi connectivity index (χ2n) is 5.27. The smallest absolute Gasteiger partial charge is 0.241 e. The minimum atomic E-state index is -0.0264. The lowest BCUT2D eigenvalue weighted by Crippen LogP contribution is -2.43. The van der Waals surface area contributed by atoms with Gasteiger partial charge in [0.25, 0.3) is 0 Å². The van der Waals surface area contributed by atoms with Crippen LogP contribution in [0.2, 0.25) is 0 Å². The van der Waals surface area contributed by atoms with Gasteiger partial charge < -0.3 is 10.6 Å². The van der Waals surface area contributed by atoms with Crippen LogP contribution in [0.1, 0.15) is 44.6 Å². The molecule has 1 aliphatic rings. The lowest BCUT2D eigenvalue weighted by molar-refractivity contribution is -0.118. The first-order valence-electron chi connectivity index (χ1n) is 6.81. The second-order valence-corrected chi connectivity index (χ2v) is 5.27. The summed E-state index contributed by atoms with van der Waals surface area (Å²) in [6, 6.07) is 8.08. The van der Waals surface area contributed by atoms with Crippen LogP contribution in [0.3, 0.4) is 0 Å². The van der Waals surface area contributed by atoms with Gasteiger partial charge in [0.05, 0.1) is 6.04 Å². The molecule has 0 saturated carbocycles. The predicted molar refractivity (Wildman–Crippen MR) is 82.1 cm³/mol. The number of hydrogen-bond donors (Lipinski definition) is 2. The number of carbonyl (C=O) groups is 1. The van der Waals surface area contributed by atoms with Gasteiger partial charge in [0.15, 0.2) is 0 Å². The summed E-state index contributed by atoms with van der Waals surface area (Å²) in [5.74, 6) is 0.574. The Kier molecular flexibility index (Phi) is 6.32. The van der Waals surface area contributed by atoms with E-state index in [1.54, 1.807) is 0 Å². The fourth-order valence-corrected chi connectivity index (χ4v) is 2.28.